The number of carbonyl (C=O) groups is 2. The molecule has 0 spiro atoms. The zero-order valence-corrected chi connectivity index (χ0v) is 24.4. The summed E-state index contributed by atoms with van der Waals surface area (Å²) in [5.41, 5.74) is 2.03. The monoisotopic (exact) mass is 567 g/mol. The third-order valence-corrected chi connectivity index (χ3v) is 8.37. The van der Waals surface area contributed by atoms with Crippen LogP contribution in [0.25, 0.3) is 0 Å². The molecule has 0 fully saturated rings. The molecule has 0 heterocycles. The molecule has 0 aliphatic carbocycles. The van der Waals surface area contributed by atoms with Gasteiger partial charge in [-0.15, -0.1) is 0 Å². The number of anilines is 1. The van der Waals surface area contributed by atoms with Gasteiger partial charge in [0.05, 0.1) is 24.8 Å². The first kappa shape index (κ1) is 30.5. The number of benzene rings is 3. The molecule has 214 valence electrons. The normalized spacial score (nSPS) is 11.8. The molecular formula is C30H37N3O6S. The minimum atomic E-state index is -4.18. The number of aryl methyl sites for hydroxylation is 1. The molecular weight excluding hydrogens is 530 g/mol. The molecule has 1 atom stereocenters. The second-order valence-corrected chi connectivity index (χ2v) is 11.1. The molecule has 40 heavy (non-hydrogen) atoms. The summed E-state index contributed by atoms with van der Waals surface area (Å²) < 4.78 is 39.6. The fourth-order valence-corrected chi connectivity index (χ4v) is 5.61. The Bertz CT molecular complexity index is 1410. The Balaban J connectivity index is 2.07. The van der Waals surface area contributed by atoms with Crippen molar-refractivity contribution in [3.8, 4) is 11.5 Å². The lowest BCUT2D eigenvalue weighted by Crippen LogP contribution is -2.51. The third kappa shape index (κ3) is 7.12. The molecule has 0 unspecified atom stereocenters. The highest BCUT2D eigenvalue weighted by Gasteiger charge is 2.33. The maximum absolute atomic E-state index is 14.0. The average molecular weight is 568 g/mol. The van der Waals surface area contributed by atoms with Crippen LogP contribution in [0.5, 0.6) is 11.5 Å². The van der Waals surface area contributed by atoms with E-state index in [0.717, 1.165) is 21.9 Å². The Morgan fingerprint density at radius 2 is 1.57 bits per heavy atom. The number of methoxy groups -OCH3 is 2. The topological polar surface area (TPSA) is 105 Å². The van der Waals surface area contributed by atoms with E-state index in [2.05, 4.69) is 5.32 Å². The maximum atomic E-state index is 14.0. The Morgan fingerprint density at radius 1 is 0.925 bits per heavy atom. The van der Waals surface area contributed by atoms with Crippen LogP contribution in [0.15, 0.2) is 77.7 Å². The lowest BCUT2D eigenvalue weighted by atomic mass is 10.1. The Hall–Kier alpha value is -4.05. The van der Waals surface area contributed by atoms with Crippen LogP contribution in [0, 0.1) is 6.92 Å². The van der Waals surface area contributed by atoms with Gasteiger partial charge in [-0.25, -0.2) is 8.42 Å². The summed E-state index contributed by atoms with van der Waals surface area (Å²) in [4.78, 5) is 28.4. The quantitative estimate of drug-likeness (QED) is 0.333. The van der Waals surface area contributed by atoms with Gasteiger partial charge in [0.2, 0.25) is 11.8 Å². The molecule has 3 aromatic rings. The van der Waals surface area contributed by atoms with Crippen molar-refractivity contribution < 1.29 is 27.5 Å². The van der Waals surface area contributed by atoms with Crippen molar-refractivity contribution in [2.45, 2.75) is 44.7 Å². The van der Waals surface area contributed by atoms with Gasteiger partial charge < -0.3 is 19.7 Å². The number of rotatable bonds is 13. The van der Waals surface area contributed by atoms with Gasteiger partial charge in [0.15, 0.2) is 11.5 Å². The Labute approximate surface area is 236 Å². The van der Waals surface area contributed by atoms with Crippen LogP contribution in [0.1, 0.15) is 31.4 Å². The van der Waals surface area contributed by atoms with E-state index in [9.17, 15) is 18.0 Å². The minimum absolute atomic E-state index is 0.0248. The molecule has 0 radical (unpaired) electrons. The van der Waals surface area contributed by atoms with Gasteiger partial charge in [-0.05, 0) is 55.7 Å². The van der Waals surface area contributed by atoms with Gasteiger partial charge in [-0.2, -0.15) is 0 Å². The highest BCUT2D eigenvalue weighted by atomic mass is 32.2. The number of nitrogens with one attached hydrogen (secondary N) is 1. The average Bonchev–Trinajstić information content (AvgIpc) is 2.97. The zero-order chi connectivity index (χ0) is 29.3. The molecule has 0 saturated heterocycles. The van der Waals surface area contributed by atoms with E-state index in [4.69, 9.17) is 9.47 Å². The smallest absolute Gasteiger partial charge is 0.264 e. The molecule has 0 aromatic heterocycles. The van der Waals surface area contributed by atoms with Crippen LogP contribution in [-0.2, 0) is 26.2 Å². The van der Waals surface area contributed by atoms with Crippen molar-refractivity contribution in [1.82, 2.24) is 10.2 Å². The predicted molar refractivity (Wildman–Crippen MR) is 155 cm³/mol. The van der Waals surface area contributed by atoms with Gasteiger partial charge >= 0.3 is 0 Å². The first-order valence-corrected chi connectivity index (χ1v) is 14.5. The summed E-state index contributed by atoms with van der Waals surface area (Å²) in [7, 11) is -1.25. The lowest BCUT2D eigenvalue weighted by molar-refractivity contribution is -0.139. The summed E-state index contributed by atoms with van der Waals surface area (Å²) >= 11 is 0. The van der Waals surface area contributed by atoms with Crippen LogP contribution < -0.4 is 19.1 Å². The predicted octanol–water partition coefficient (Wildman–Crippen LogP) is 4.15. The van der Waals surface area contributed by atoms with Crippen LogP contribution in [-0.4, -0.2) is 58.5 Å². The second-order valence-electron chi connectivity index (χ2n) is 9.28. The fourth-order valence-electron chi connectivity index (χ4n) is 4.18. The number of sulfonamides is 1. The largest absolute Gasteiger partial charge is 0.493 e. The van der Waals surface area contributed by atoms with E-state index in [0.29, 0.717) is 18.0 Å². The lowest BCUT2D eigenvalue weighted by Gasteiger charge is -2.32. The van der Waals surface area contributed by atoms with Crippen molar-refractivity contribution in [3.63, 3.8) is 0 Å². The van der Waals surface area contributed by atoms with Gasteiger partial charge in [-0.3, -0.25) is 13.9 Å². The van der Waals surface area contributed by atoms with Crippen molar-refractivity contribution in [1.29, 1.82) is 0 Å². The third-order valence-electron chi connectivity index (χ3n) is 6.58. The van der Waals surface area contributed by atoms with E-state index in [-0.39, 0.29) is 23.0 Å². The summed E-state index contributed by atoms with van der Waals surface area (Å²) in [5, 5.41) is 2.84. The first-order valence-electron chi connectivity index (χ1n) is 13.1. The molecule has 3 rings (SSSR count). The molecule has 9 nitrogen and oxygen atoms in total. The number of carbonyl (C=O) groups excluding carboxylic acids is 2. The van der Waals surface area contributed by atoms with E-state index < -0.39 is 28.5 Å². The van der Waals surface area contributed by atoms with Crippen molar-refractivity contribution >= 4 is 27.5 Å². The molecule has 2 amide bonds. The SMILES string of the molecule is CCCNC(=O)[C@H](C)N(Cc1ccccc1C)C(=O)CN(c1ccc(OC)c(OC)c1)S(=O)(=O)c1ccccc1. The van der Waals surface area contributed by atoms with Crippen LogP contribution in [0.2, 0.25) is 0 Å². The minimum Gasteiger partial charge on any atom is -0.493 e. The number of amides is 2. The van der Waals surface area contributed by atoms with Crippen LogP contribution in [0.4, 0.5) is 5.69 Å². The Morgan fingerprint density at radius 3 is 2.20 bits per heavy atom. The highest BCUT2D eigenvalue weighted by Crippen LogP contribution is 2.34. The van der Waals surface area contributed by atoms with Gasteiger partial charge in [-0.1, -0.05) is 49.4 Å². The van der Waals surface area contributed by atoms with Crippen LogP contribution >= 0.6 is 0 Å². The number of nitrogens with zero attached hydrogens (tertiary/aromatic N) is 2. The maximum Gasteiger partial charge on any atom is 0.264 e. The second kappa shape index (κ2) is 13.8. The number of hydrogen-bond acceptors (Lipinski definition) is 6. The Kier molecular flexibility index (Phi) is 10.6. The van der Waals surface area contributed by atoms with Crippen LogP contribution in [0.3, 0.4) is 0 Å². The van der Waals surface area contributed by atoms with Crippen molar-refractivity contribution in [2.24, 2.45) is 0 Å². The van der Waals surface area contributed by atoms with Gasteiger partial charge in [0, 0.05) is 19.2 Å². The standard InChI is InChI=1S/C30H37N3O6S/c1-6-18-31-30(35)23(3)32(20-24-13-11-10-12-22(24)2)29(34)21-33(40(36,37)26-14-8-7-9-15-26)25-16-17-27(38-4)28(19-25)39-5/h7-17,19,23H,6,18,20-21H2,1-5H3,(H,31,35)/t23-/m0/s1. The first-order chi connectivity index (χ1) is 19.1. The molecule has 0 bridgehead atoms. The number of ether oxygens (including phenoxy) is 2. The van der Waals surface area contributed by atoms with Gasteiger partial charge in [0.25, 0.3) is 10.0 Å². The highest BCUT2D eigenvalue weighted by molar-refractivity contribution is 7.92. The van der Waals surface area contributed by atoms with E-state index in [1.165, 1.54) is 37.3 Å². The van der Waals surface area contributed by atoms with E-state index >= 15 is 0 Å². The van der Waals surface area contributed by atoms with Gasteiger partial charge in [0.1, 0.15) is 12.6 Å². The summed E-state index contributed by atoms with van der Waals surface area (Å²) in [5.74, 6) is -0.120. The molecule has 10 heteroatoms. The number of hydrogen-bond donors (Lipinski definition) is 1. The fraction of sp³-hybridized carbons (Fsp3) is 0.333. The van der Waals surface area contributed by atoms with Crippen molar-refractivity contribution in [2.75, 3.05) is 31.6 Å². The molecule has 0 aliphatic rings. The summed E-state index contributed by atoms with van der Waals surface area (Å²) in [6.07, 6.45) is 0.743. The van der Waals surface area contributed by atoms with Crippen molar-refractivity contribution in [3.05, 3.63) is 83.9 Å². The molecule has 0 saturated carbocycles. The molecule has 0 aliphatic heterocycles. The summed E-state index contributed by atoms with van der Waals surface area (Å²) in [6, 6.07) is 19.3. The zero-order valence-electron chi connectivity index (χ0n) is 23.6. The molecule has 3 aromatic carbocycles. The van der Waals surface area contributed by atoms with E-state index in [1.54, 1.807) is 37.3 Å². The molecule has 1 N–H and O–H groups in total. The summed E-state index contributed by atoms with van der Waals surface area (Å²) in [6.45, 7) is 5.58. The van der Waals surface area contributed by atoms with E-state index in [1.807, 2.05) is 38.1 Å².